The molecule has 2 aromatic carbocycles. The van der Waals surface area contributed by atoms with Gasteiger partial charge in [0.15, 0.2) is 0 Å². The quantitative estimate of drug-likeness (QED) is 0.693. The van der Waals surface area contributed by atoms with Crippen LogP contribution >= 0.6 is 11.6 Å². The van der Waals surface area contributed by atoms with Gasteiger partial charge in [-0.25, -0.2) is 4.99 Å². The molecule has 0 atom stereocenters. The lowest BCUT2D eigenvalue weighted by molar-refractivity contribution is 0.0155. The van der Waals surface area contributed by atoms with Gasteiger partial charge in [-0.1, -0.05) is 35.9 Å². The molecule has 0 saturated heterocycles. The SMILES string of the molecule is CN(C)CCOC1CCC2(CC1)Nc1ccccc1N=C2NCc1cccc(Cl)c1. The van der Waals surface area contributed by atoms with Crippen LogP contribution < -0.4 is 10.6 Å². The molecule has 1 spiro atoms. The minimum absolute atomic E-state index is 0.172. The van der Waals surface area contributed by atoms with Gasteiger partial charge < -0.3 is 20.3 Å². The molecule has 0 bridgehead atoms. The van der Waals surface area contributed by atoms with Crippen LogP contribution in [0.5, 0.6) is 0 Å². The molecular formula is C24H31ClN4O. The Hall–Kier alpha value is -2.08. The molecule has 1 aliphatic heterocycles. The number of benzene rings is 2. The van der Waals surface area contributed by atoms with Gasteiger partial charge in [0.2, 0.25) is 0 Å². The van der Waals surface area contributed by atoms with Crippen molar-refractivity contribution in [1.82, 2.24) is 10.2 Å². The fourth-order valence-corrected chi connectivity index (χ4v) is 4.49. The Morgan fingerprint density at radius 3 is 2.73 bits per heavy atom. The maximum absolute atomic E-state index is 6.17. The van der Waals surface area contributed by atoms with Crippen molar-refractivity contribution >= 4 is 28.8 Å². The van der Waals surface area contributed by atoms with Gasteiger partial charge in [0.05, 0.1) is 29.6 Å². The van der Waals surface area contributed by atoms with E-state index in [-0.39, 0.29) is 5.54 Å². The molecule has 0 amide bonds. The van der Waals surface area contributed by atoms with E-state index in [0.717, 1.165) is 66.6 Å². The average Bonchev–Trinajstić information content (AvgIpc) is 2.73. The lowest BCUT2D eigenvalue weighted by Crippen LogP contribution is -2.56. The molecule has 0 unspecified atom stereocenters. The Bertz CT molecular complexity index is 890. The maximum atomic E-state index is 6.17. The van der Waals surface area contributed by atoms with Gasteiger partial charge in [-0.2, -0.15) is 0 Å². The smallest absolute Gasteiger partial charge is 0.128 e. The van der Waals surface area contributed by atoms with Crippen molar-refractivity contribution in [2.75, 3.05) is 32.6 Å². The number of nitrogens with one attached hydrogen (secondary N) is 2. The van der Waals surface area contributed by atoms with Gasteiger partial charge in [-0.05, 0) is 69.6 Å². The fourth-order valence-electron chi connectivity index (χ4n) is 4.28. The summed E-state index contributed by atoms with van der Waals surface area (Å²) in [7, 11) is 4.16. The van der Waals surface area contributed by atoms with Gasteiger partial charge in [0.25, 0.3) is 0 Å². The van der Waals surface area contributed by atoms with Crippen LogP contribution in [0, 0.1) is 0 Å². The normalized spacial score (nSPS) is 23.1. The van der Waals surface area contributed by atoms with E-state index in [1.807, 2.05) is 24.3 Å². The number of hydrogen-bond acceptors (Lipinski definition) is 5. The molecular weight excluding hydrogens is 396 g/mol. The van der Waals surface area contributed by atoms with Gasteiger partial charge >= 0.3 is 0 Å². The first-order valence-corrected chi connectivity index (χ1v) is 11.1. The summed E-state index contributed by atoms with van der Waals surface area (Å²) in [6, 6.07) is 16.3. The van der Waals surface area contributed by atoms with Crippen LogP contribution in [0.1, 0.15) is 31.2 Å². The zero-order valence-corrected chi connectivity index (χ0v) is 18.6. The third-order valence-corrected chi connectivity index (χ3v) is 6.23. The third kappa shape index (κ3) is 4.97. The van der Waals surface area contributed by atoms with Gasteiger partial charge in [-0.15, -0.1) is 0 Å². The number of fused-ring (bicyclic) bond motifs is 1. The Kier molecular flexibility index (Phi) is 6.61. The van der Waals surface area contributed by atoms with Crippen LogP contribution in [0.4, 0.5) is 11.4 Å². The molecule has 2 aromatic rings. The number of ether oxygens (including phenoxy) is 1. The highest BCUT2D eigenvalue weighted by atomic mass is 35.5. The molecule has 1 fully saturated rings. The van der Waals surface area contributed by atoms with Crippen LogP contribution in [0.15, 0.2) is 53.5 Å². The Morgan fingerprint density at radius 1 is 1.17 bits per heavy atom. The van der Waals surface area contributed by atoms with Gasteiger partial charge in [0, 0.05) is 18.1 Å². The van der Waals surface area contributed by atoms with Crippen molar-refractivity contribution in [3.05, 3.63) is 59.1 Å². The van der Waals surface area contributed by atoms with Crippen LogP contribution in [-0.4, -0.2) is 49.6 Å². The Labute approximate surface area is 184 Å². The Balaban J connectivity index is 1.48. The minimum Gasteiger partial charge on any atom is -0.377 e. The van der Waals surface area contributed by atoms with Crippen molar-refractivity contribution in [3.8, 4) is 0 Å². The van der Waals surface area contributed by atoms with Crippen molar-refractivity contribution in [2.45, 2.75) is 43.9 Å². The molecule has 1 saturated carbocycles. The topological polar surface area (TPSA) is 48.9 Å². The number of anilines is 1. The van der Waals surface area contributed by atoms with Crippen LogP contribution in [0.2, 0.25) is 5.02 Å². The second kappa shape index (κ2) is 9.38. The van der Waals surface area contributed by atoms with Crippen molar-refractivity contribution in [3.63, 3.8) is 0 Å². The first-order chi connectivity index (χ1) is 14.5. The largest absolute Gasteiger partial charge is 0.377 e. The molecule has 5 nitrogen and oxygen atoms in total. The summed E-state index contributed by atoms with van der Waals surface area (Å²) in [5.41, 5.74) is 3.08. The standard InChI is InChI=1S/C24H31ClN4O/c1-29(2)14-15-30-20-10-12-24(13-11-20)23(26-17-18-6-5-7-19(25)16-18)27-21-8-3-4-9-22(21)28-24/h3-9,16,20,28H,10-15,17H2,1-2H3,(H,26,27). The molecule has 1 heterocycles. The summed E-state index contributed by atoms with van der Waals surface area (Å²) in [5, 5.41) is 8.20. The van der Waals surface area contributed by atoms with E-state index in [9.17, 15) is 0 Å². The minimum atomic E-state index is -0.172. The van der Waals surface area contributed by atoms with E-state index < -0.39 is 0 Å². The van der Waals surface area contributed by atoms with E-state index in [0.29, 0.717) is 12.6 Å². The Morgan fingerprint density at radius 2 is 1.97 bits per heavy atom. The van der Waals surface area contributed by atoms with E-state index in [1.54, 1.807) is 0 Å². The third-order valence-electron chi connectivity index (χ3n) is 5.99. The van der Waals surface area contributed by atoms with Crippen molar-refractivity contribution in [1.29, 1.82) is 0 Å². The first-order valence-electron chi connectivity index (χ1n) is 10.8. The van der Waals surface area contributed by atoms with Crippen LogP contribution in [0.3, 0.4) is 0 Å². The number of aliphatic imine (C=N–C) groups is 1. The highest BCUT2D eigenvalue weighted by Crippen LogP contribution is 2.40. The summed E-state index contributed by atoms with van der Waals surface area (Å²) >= 11 is 6.17. The second-order valence-corrected chi connectivity index (χ2v) is 8.98. The summed E-state index contributed by atoms with van der Waals surface area (Å²) in [6.07, 6.45) is 4.37. The molecule has 2 N–H and O–H groups in total. The molecule has 30 heavy (non-hydrogen) atoms. The van der Waals surface area contributed by atoms with E-state index in [2.05, 4.69) is 53.9 Å². The van der Waals surface area contributed by atoms with Crippen molar-refractivity contribution < 1.29 is 4.74 Å². The molecule has 2 aliphatic rings. The number of hydrogen-bond donors (Lipinski definition) is 2. The van der Waals surface area contributed by atoms with Crippen molar-refractivity contribution in [2.24, 2.45) is 4.99 Å². The number of halogens is 1. The number of rotatable bonds is 6. The maximum Gasteiger partial charge on any atom is 0.128 e. The molecule has 6 heteroatoms. The average molecular weight is 427 g/mol. The molecule has 1 aliphatic carbocycles. The lowest BCUT2D eigenvalue weighted by Gasteiger charge is -2.44. The summed E-state index contributed by atoms with van der Waals surface area (Å²) in [5.74, 6) is 1.02. The second-order valence-electron chi connectivity index (χ2n) is 8.54. The van der Waals surface area contributed by atoms with Gasteiger partial charge in [0.1, 0.15) is 5.84 Å². The van der Waals surface area contributed by atoms with Gasteiger partial charge in [-0.3, -0.25) is 0 Å². The van der Waals surface area contributed by atoms with E-state index in [1.165, 1.54) is 0 Å². The van der Waals surface area contributed by atoms with Crippen LogP contribution in [-0.2, 0) is 11.3 Å². The summed E-state index contributed by atoms with van der Waals surface area (Å²) < 4.78 is 6.13. The predicted molar refractivity (Wildman–Crippen MR) is 125 cm³/mol. The molecule has 160 valence electrons. The number of nitrogens with zero attached hydrogens (tertiary/aromatic N) is 2. The fraction of sp³-hybridized carbons (Fsp3) is 0.458. The number of amidine groups is 1. The van der Waals surface area contributed by atoms with E-state index in [4.69, 9.17) is 21.3 Å². The lowest BCUT2D eigenvalue weighted by atomic mass is 9.78. The van der Waals surface area contributed by atoms with E-state index >= 15 is 0 Å². The monoisotopic (exact) mass is 426 g/mol. The van der Waals surface area contributed by atoms with Crippen LogP contribution in [0.25, 0.3) is 0 Å². The number of likely N-dealkylation sites (N-methyl/N-ethyl adjacent to an activating group) is 1. The highest BCUT2D eigenvalue weighted by molar-refractivity contribution is 6.30. The summed E-state index contributed by atoms with van der Waals surface area (Å²) in [4.78, 5) is 7.19. The summed E-state index contributed by atoms with van der Waals surface area (Å²) in [6.45, 7) is 2.45. The first kappa shape index (κ1) is 21.2. The molecule has 0 aromatic heterocycles. The zero-order chi connectivity index (χ0) is 21.0. The predicted octanol–water partition coefficient (Wildman–Crippen LogP) is 4.84. The highest BCUT2D eigenvalue weighted by Gasteiger charge is 2.42. The number of para-hydroxylation sites is 2. The molecule has 0 radical (unpaired) electrons. The zero-order valence-electron chi connectivity index (χ0n) is 17.8. The molecule has 4 rings (SSSR count).